The first-order valence-electron chi connectivity index (χ1n) is 5.09. The van der Waals surface area contributed by atoms with E-state index in [9.17, 15) is 0 Å². The van der Waals surface area contributed by atoms with Crippen LogP contribution in [0.5, 0.6) is 0 Å². The zero-order valence-electron chi connectivity index (χ0n) is 8.72. The molecule has 0 amide bonds. The summed E-state index contributed by atoms with van der Waals surface area (Å²) in [5.74, 6) is 1.09. The summed E-state index contributed by atoms with van der Waals surface area (Å²) in [6.45, 7) is 2.93. The van der Waals surface area contributed by atoms with Gasteiger partial charge in [0.2, 0.25) is 0 Å². The first-order chi connectivity index (χ1) is 6.72. The SMILES string of the molecule is CCn1nncc1N(C)C1CC(N)C1. The number of anilines is 1. The van der Waals surface area contributed by atoms with E-state index in [1.807, 2.05) is 10.9 Å². The summed E-state index contributed by atoms with van der Waals surface area (Å²) in [5.41, 5.74) is 5.77. The normalized spacial score (nSPS) is 25.9. The fourth-order valence-corrected chi connectivity index (χ4v) is 1.88. The Morgan fingerprint density at radius 1 is 1.64 bits per heavy atom. The average molecular weight is 195 g/mol. The van der Waals surface area contributed by atoms with E-state index in [0.717, 1.165) is 25.2 Å². The van der Waals surface area contributed by atoms with Crippen LogP contribution in [-0.2, 0) is 6.54 Å². The van der Waals surface area contributed by atoms with E-state index >= 15 is 0 Å². The van der Waals surface area contributed by atoms with Crippen molar-refractivity contribution < 1.29 is 0 Å². The van der Waals surface area contributed by atoms with E-state index < -0.39 is 0 Å². The van der Waals surface area contributed by atoms with Crippen LogP contribution in [0.4, 0.5) is 5.82 Å². The molecule has 1 aromatic heterocycles. The number of rotatable bonds is 3. The molecule has 1 fully saturated rings. The number of nitrogens with two attached hydrogens (primary N) is 1. The van der Waals surface area contributed by atoms with Crippen LogP contribution in [-0.4, -0.2) is 34.1 Å². The van der Waals surface area contributed by atoms with Crippen molar-refractivity contribution in [1.29, 1.82) is 0 Å². The Kier molecular flexibility index (Phi) is 2.41. The fourth-order valence-electron chi connectivity index (χ4n) is 1.88. The Bertz CT molecular complexity index is 302. The molecule has 2 rings (SSSR count). The minimum absolute atomic E-state index is 0.383. The van der Waals surface area contributed by atoms with Gasteiger partial charge in [-0.25, -0.2) is 4.68 Å². The van der Waals surface area contributed by atoms with E-state index in [0.29, 0.717) is 12.1 Å². The largest absolute Gasteiger partial charge is 0.355 e. The monoisotopic (exact) mass is 195 g/mol. The van der Waals surface area contributed by atoms with Crippen LogP contribution >= 0.6 is 0 Å². The number of hydrogen-bond acceptors (Lipinski definition) is 4. The molecule has 14 heavy (non-hydrogen) atoms. The predicted molar refractivity (Wildman–Crippen MR) is 55.1 cm³/mol. The van der Waals surface area contributed by atoms with E-state index in [-0.39, 0.29) is 0 Å². The number of aryl methyl sites for hydroxylation is 1. The first kappa shape index (κ1) is 9.45. The Morgan fingerprint density at radius 3 is 2.93 bits per heavy atom. The van der Waals surface area contributed by atoms with Crippen LogP contribution in [0.3, 0.4) is 0 Å². The molecule has 0 atom stereocenters. The van der Waals surface area contributed by atoms with Gasteiger partial charge in [0, 0.05) is 25.7 Å². The lowest BCUT2D eigenvalue weighted by Crippen LogP contribution is -2.49. The van der Waals surface area contributed by atoms with E-state index in [4.69, 9.17) is 5.73 Å². The fraction of sp³-hybridized carbons (Fsp3) is 0.778. The van der Waals surface area contributed by atoms with Crippen molar-refractivity contribution in [1.82, 2.24) is 15.0 Å². The molecule has 0 unspecified atom stereocenters. The summed E-state index contributed by atoms with van der Waals surface area (Å²) in [4.78, 5) is 2.23. The molecule has 78 valence electrons. The van der Waals surface area contributed by atoms with Gasteiger partial charge in [-0.2, -0.15) is 0 Å². The number of aromatic nitrogens is 3. The summed E-state index contributed by atoms with van der Waals surface area (Å²) < 4.78 is 1.91. The van der Waals surface area contributed by atoms with Gasteiger partial charge in [-0.15, -0.1) is 5.10 Å². The number of hydrogen-bond donors (Lipinski definition) is 1. The third-order valence-electron chi connectivity index (χ3n) is 2.96. The second-order valence-electron chi connectivity index (χ2n) is 3.90. The Balaban J connectivity index is 2.07. The van der Waals surface area contributed by atoms with Crippen LogP contribution < -0.4 is 10.6 Å². The second kappa shape index (κ2) is 3.57. The van der Waals surface area contributed by atoms with Crippen LogP contribution in [0.1, 0.15) is 19.8 Å². The molecule has 0 bridgehead atoms. The van der Waals surface area contributed by atoms with E-state index in [1.165, 1.54) is 0 Å². The van der Waals surface area contributed by atoms with Gasteiger partial charge in [-0.05, 0) is 19.8 Å². The quantitative estimate of drug-likeness (QED) is 0.749. The molecule has 0 saturated heterocycles. The molecule has 5 nitrogen and oxygen atoms in total. The highest BCUT2D eigenvalue weighted by molar-refractivity contribution is 5.37. The molecule has 1 saturated carbocycles. The lowest BCUT2D eigenvalue weighted by Gasteiger charge is -2.40. The second-order valence-corrected chi connectivity index (χ2v) is 3.90. The molecule has 0 radical (unpaired) electrons. The van der Waals surface area contributed by atoms with Crippen molar-refractivity contribution >= 4 is 5.82 Å². The molecular formula is C9H17N5. The predicted octanol–water partition coefficient (Wildman–Crippen LogP) is 0.224. The Hall–Kier alpha value is -1.10. The molecule has 1 heterocycles. The Labute approximate surface area is 83.9 Å². The minimum atomic E-state index is 0.383. The summed E-state index contributed by atoms with van der Waals surface area (Å²) in [7, 11) is 2.08. The highest BCUT2D eigenvalue weighted by Crippen LogP contribution is 2.26. The summed E-state index contributed by atoms with van der Waals surface area (Å²) in [6.07, 6.45) is 3.96. The van der Waals surface area contributed by atoms with E-state index in [1.54, 1.807) is 0 Å². The van der Waals surface area contributed by atoms with Crippen molar-refractivity contribution in [3.63, 3.8) is 0 Å². The van der Waals surface area contributed by atoms with Gasteiger partial charge in [0.25, 0.3) is 0 Å². The van der Waals surface area contributed by atoms with E-state index in [2.05, 4.69) is 29.2 Å². The molecule has 0 spiro atoms. The average Bonchev–Trinajstić information content (AvgIpc) is 2.59. The van der Waals surface area contributed by atoms with Gasteiger partial charge in [0.1, 0.15) is 5.82 Å². The van der Waals surface area contributed by atoms with Gasteiger partial charge >= 0.3 is 0 Å². The van der Waals surface area contributed by atoms with Crippen molar-refractivity contribution in [2.24, 2.45) is 5.73 Å². The third-order valence-corrected chi connectivity index (χ3v) is 2.96. The van der Waals surface area contributed by atoms with Gasteiger partial charge < -0.3 is 10.6 Å². The standard InChI is InChI=1S/C9H17N5/c1-3-14-9(6-11-12-14)13(2)8-4-7(10)5-8/h6-8H,3-5,10H2,1-2H3. The van der Waals surface area contributed by atoms with Crippen LogP contribution in [0, 0.1) is 0 Å². The summed E-state index contributed by atoms with van der Waals surface area (Å²) >= 11 is 0. The maximum atomic E-state index is 5.77. The molecule has 5 heteroatoms. The zero-order valence-corrected chi connectivity index (χ0v) is 8.72. The smallest absolute Gasteiger partial charge is 0.147 e. The lowest BCUT2D eigenvalue weighted by atomic mass is 9.86. The van der Waals surface area contributed by atoms with Crippen molar-refractivity contribution in [3.05, 3.63) is 6.20 Å². The van der Waals surface area contributed by atoms with Crippen LogP contribution in [0.2, 0.25) is 0 Å². The van der Waals surface area contributed by atoms with Gasteiger partial charge in [-0.1, -0.05) is 5.21 Å². The molecule has 1 aliphatic rings. The number of nitrogens with zero attached hydrogens (tertiary/aromatic N) is 4. The van der Waals surface area contributed by atoms with Gasteiger partial charge in [0.05, 0.1) is 6.20 Å². The third kappa shape index (κ3) is 1.48. The van der Waals surface area contributed by atoms with Crippen molar-refractivity contribution in [2.75, 3.05) is 11.9 Å². The highest BCUT2D eigenvalue weighted by atomic mass is 15.5. The Morgan fingerprint density at radius 2 is 2.36 bits per heavy atom. The van der Waals surface area contributed by atoms with Crippen LogP contribution in [0.25, 0.3) is 0 Å². The lowest BCUT2D eigenvalue weighted by molar-refractivity contribution is 0.336. The summed E-state index contributed by atoms with van der Waals surface area (Å²) in [5, 5.41) is 7.92. The van der Waals surface area contributed by atoms with Gasteiger partial charge in [-0.3, -0.25) is 0 Å². The van der Waals surface area contributed by atoms with Crippen molar-refractivity contribution in [3.8, 4) is 0 Å². The summed E-state index contributed by atoms with van der Waals surface area (Å²) in [6, 6.07) is 0.946. The van der Waals surface area contributed by atoms with Crippen LogP contribution in [0.15, 0.2) is 6.20 Å². The van der Waals surface area contributed by atoms with Gasteiger partial charge in [0.15, 0.2) is 0 Å². The maximum absolute atomic E-state index is 5.77. The topological polar surface area (TPSA) is 60.0 Å². The highest BCUT2D eigenvalue weighted by Gasteiger charge is 2.30. The maximum Gasteiger partial charge on any atom is 0.147 e. The zero-order chi connectivity index (χ0) is 10.1. The minimum Gasteiger partial charge on any atom is -0.355 e. The first-order valence-corrected chi connectivity index (χ1v) is 5.09. The molecule has 0 aromatic carbocycles. The molecular weight excluding hydrogens is 178 g/mol. The van der Waals surface area contributed by atoms with Crippen molar-refractivity contribution in [2.45, 2.75) is 38.4 Å². The molecule has 0 aliphatic heterocycles. The molecule has 2 N–H and O–H groups in total. The molecule has 1 aromatic rings. The molecule has 1 aliphatic carbocycles.